The van der Waals surface area contributed by atoms with Crippen molar-refractivity contribution in [1.29, 1.82) is 0 Å². The Kier molecular flexibility index (Phi) is 7.10. The van der Waals surface area contributed by atoms with Crippen molar-refractivity contribution in [2.75, 3.05) is 13.7 Å². The third-order valence-corrected chi connectivity index (χ3v) is 4.55. The molecule has 6 heteroatoms. The van der Waals surface area contributed by atoms with Crippen molar-refractivity contribution < 1.29 is 24.2 Å². The maximum atomic E-state index is 12.5. The summed E-state index contributed by atoms with van der Waals surface area (Å²) in [6.45, 7) is 2.37. The van der Waals surface area contributed by atoms with Gasteiger partial charge in [0.2, 0.25) is 5.91 Å². The van der Waals surface area contributed by atoms with Crippen molar-refractivity contribution in [3.05, 3.63) is 23.8 Å². The number of aliphatic carboxylic acids is 1. The summed E-state index contributed by atoms with van der Waals surface area (Å²) in [7, 11) is 1.52. The topological polar surface area (TPSA) is 87.7 Å². The molecule has 6 nitrogen and oxygen atoms in total. The van der Waals surface area contributed by atoms with Crippen LogP contribution in [0.1, 0.15) is 57.1 Å². The van der Waals surface area contributed by atoms with Crippen LogP contribution in [0.4, 0.5) is 0 Å². The molecule has 1 unspecified atom stereocenters. The normalized spacial score (nSPS) is 16.1. The summed E-state index contributed by atoms with van der Waals surface area (Å²) in [6.07, 6.45) is 4.67. The quantitative estimate of drug-likeness (QED) is 0.776. The average Bonchev–Trinajstić information content (AvgIpc) is 2.62. The number of nitrogens with one attached hydrogen (secondary N) is 1. The summed E-state index contributed by atoms with van der Waals surface area (Å²) in [5, 5.41) is 14.0. The first-order valence-electron chi connectivity index (χ1n) is 8.86. The Bertz CT molecular complexity index is 595. The molecule has 1 aromatic carbocycles. The third-order valence-electron chi connectivity index (χ3n) is 4.55. The Morgan fingerprint density at radius 3 is 2.56 bits per heavy atom. The number of rotatable bonds is 8. The van der Waals surface area contributed by atoms with Gasteiger partial charge < -0.3 is 24.7 Å². The van der Waals surface area contributed by atoms with Crippen LogP contribution in [0.3, 0.4) is 0 Å². The van der Waals surface area contributed by atoms with Crippen LogP contribution in [0.2, 0.25) is 0 Å². The van der Waals surface area contributed by atoms with Crippen LogP contribution >= 0.6 is 0 Å². The van der Waals surface area contributed by atoms with Crippen LogP contribution in [0.25, 0.3) is 0 Å². The van der Waals surface area contributed by atoms with Crippen LogP contribution in [0.15, 0.2) is 18.2 Å². The van der Waals surface area contributed by atoms with E-state index < -0.39 is 12.0 Å². The van der Waals surface area contributed by atoms with Crippen molar-refractivity contribution in [1.82, 2.24) is 5.32 Å². The van der Waals surface area contributed by atoms with E-state index in [1.165, 1.54) is 7.11 Å². The Morgan fingerprint density at radius 1 is 1.24 bits per heavy atom. The number of hydrogen-bond acceptors (Lipinski definition) is 5. The molecule has 1 N–H and O–H groups in total. The highest BCUT2D eigenvalue weighted by Gasteiger charge is 2.24. The van der Waals surface area contributed by atoms with E-state index in [0.717, 1.165) is 32.1 Å². The maximum absolute atomic E-state index is 12.5. The van der Waals surface area contributed by atoms with E-state index in [-0.39, 0.29) is 18.2 Å². The van der Waals surface area contributed by atoms with Gasteiger partial charge in [-0.25, -0.2) is 0 Å². The molecule has 1 aromatic rings. The van der Waals surface area contributed by atoms with Crippen LogP contribution in [-0.4, -0.2) is 25.6 Å². The van der Waals surface area contributed by atoms with Gasteiger partial charge in [-0.2, -0.15) is 0 Å². The number of ether oxygens (including phenoxy) is 2. The first-order valence-corrected chi connectivity index (χ1v) is 8.86. The minimum absolute atomic E-state index is 0.0393. The first kappa shape index (κ1) is 19.1. The zero-order valence-corrected chi connectivity index (χ0v) is 14.9. The zero-order valence-electron chi connectivity index (χ0n) is 14.9. The second kappa shape index (κ2) is 9.30. The van der Waals surface area contributed by atoms with Crippen molar-refractivity contribution in [3.63, 3.8) is 0 Å². The zero-order chi connectivity index (χ0) is 18.2. The lowest BCUT2D eigenvalue weighted by Crippen LogP contribution is -2.38. The van der Waals surface area contributed by atoms with Gasteiger partial charge in [0.15, 0.2) is 11.5 Å². The van der Waals surface area contributed by atoms with Gasteiger partial charge in [0.1, 0.15) is 0 Å². The maximum Gasteiger partial charge on any atom is 0.223 e. The molecule has 0 heterocycles. The highest BCUT2D eigenvalue weighted by molar-refractivity contribution is 5.80. The molecule has 1 saturated carbocycles. The fourth-order valence-electron chi connectivity index (χ4n) is 3.25. The van der Waals surface area contributed by atoms with Gasteiger partial charge in [0.05, 0.1) is 19.8 Å². The molecule has 0 bridgehead atoms. The molecule has 138 valence electrons. The van der Waals surface area contributed by atoms with Crippen molar-refractivity contribution in [2.45, 2.75) is 51.5 Å². The second-order valence-electron chi connectivity index (χ2n) is 6.32. The number of carboxylic acid groups (broad SMARTS) is 1. The van der Waals surface area contributed by atoms with Gasteiger partial charge >= 0.3 is 0 Å². The summed E-state index contributed by atoms with van der Waals surface area (Å²) in [4.78, 5) is 23.7. The van der Waals surface area contributed by atoms with E-state index in [1.54, 1.807) is 18.2 Å². The number of amides is 1. The smallest absolute Gasteiger partial charge is 0.223 e. The molecule has 1 aliphatic carbocycles. The van der Waals surface area contributed by atoms with Gasteiger partial charge in [-0.05, 0) is 37.5 Å². The fourth-order valence-corrected chi connectivity index (χ4v) is 3.25. The van der Waals surface area contributed by atoms with E-state index in [2.05, 4.69) is 5.32 Å². The molecule has 1 fully saturated rings. The lowest BCUT2D eigenvalue weighted by Gasteiger charge is -2.26. The van der Waals surface area contributed by atoms with Crippen LogP contribution < -0.4 is 19.9 Å². The van der Waals surface area contributed by atoms with Crippen LogP contribution in [0, 0.1) is 5.92 Å². The van der Waals surface area contributed by atoms with Gasteiger partial charge in [-0.15, -0.1) is 0 Å². The van der Waals surface area contributed by atoms with Crippen LogP contribution in [0.5, 0.6) is 11.5 Å². The number of methoxy groups -OCH3 is 1. The number of carbonyl (C=O) groups is 2. The Morgan fingerprint density at radius 2 is 1.96 bits per heavy atom. The number of hydrogen-bond donors (Lipinski definition) is 1. The number of carboxylic acids is 1. The molecule has 0 aromatic heterocycles. The summed E-state index contributed by atoms with van der Waals surface area (Å²) in [6, 6.07) is 4.54. The lowest BCUT2D eigenvalue weighted by molar-refractivity contribution is -0.306. The molecular formula is C19H26NO5-. The van der Waals surface area contributed by atoms with Crippen molar-refractivity contribution >= 4 is 11.9 Å². The second-order valence-corrected chi connectivity index (χ2v) is 6.32. The standard InChI is InChI=1S/C19H27NO5/c1-3-25-16-10-9-14(11-17(16)24-2)15(12-18(21)22)20-19(23)13-7-5-4-6-8-13/h9-11,13,15H,3-8,12H2,1-2H3,(H,20,23)(H,21,22)/p-1. The molecule has 25 heavy (non-hydrogen) atoms. The summed E-state index contributed by atoms with van der Waals surface area (Å²) >= 11 is 0. The lowest BCUT2D eigenvalue weighted by atomic mass is 9.88. The van der Waals surface area contributed by atoms with E-state index in [9.17, 15) is 14.7 Å². The molecule has 1 atom stereocenters. The van der Waals surface area contributed by atoms with Gasteiger partial charge in [0, 0.05) is 18.3 Å². The van der Waals surface area contributed by atoms with Crippen molar-refractivity contribution in [3.8, 4) is 11.5 Å². The summed E-state index contributed by atoms with van der Waals surface area (Å²) < 4.78 is 10.8. The third kappa shape index (κ3) is 5.37. The Balaban J connectivity index is 2.18. The molecule has 1 aliphatic rings. The SMILES string of the molecule is CCOc1ccc(C(CC(=O)[O-])NC(=O)C2CCCCC2)cc1OC. The van der Waals surface area contributed by atoms with Gasteiger partial charge in [0.25, 0.3) is 0 Å². The Hall–Kier alpha value is -2.24. The van der Waals surface area contributed by atoms with E-state index >= 15 is 0 Å². The minimum atomic E-state index is -1.21. The van der Waals surface area contributed by atoms with E-state index in [0.29, 0.717) is 23.7 Å². The van der Waals surface area contributed by atoms with Crippen LogP contribution in [-0.2, 0) is 9.59 Å². The summed E-state index contributed by atoms with van der Waals surface area (Å²) in [5.41, 5.74) is 0.661. The van der Waals surface area contributed by atoms with E-state index in [1.807, 2.05) is 6.92 Å². The largest absolute Gasteiger partial charge is 0.550 e. The predicted molar refractivity (Wildman–Crippen MR) is 91.2 cm³/mol. The van der Waals surface area contributed by atoms with Crippen molar-refractivity contribution in [2.24, 2.45) is 5.92 Å². The Labute approximate surface area is 148 Å². The average molecular weight is 348 g/mol. The fraction of sp³-hybridized carbons (Fsp3) is 0.579. The molecule has 2 rings (SSSR count). The van der Waals surface area contributed by atoms with Gasteiger partial charge in [-0.3, -0.25) is 4.79 Å². The highest BCUT2D eigenvalue weighted by Crippen LogP contribution is 2.32. The molecule has 1 amide bonds. The first-order chi connectivity index (χ1) is 12.0. The molecule has 0 radical (unpaired) electrons. The molecular weight excluding hydrogens is 322 g/mol. The van der Waals surface area contributed by atoms with E-state index in [4.69, 9.17) is 9.47 Å². The minimum Gasteiger partial charge on any atom is -0.550 e. The molecule has 0 aliphatic heterocycles. The monoisotopic (exact) mass is 348 g/mol. The van der Waals surface area contributed by atoms with Gasteiger partial charge in [-0.1, -0.05) is 25.3 Å². The summed E-state index contributed by atoms with van der Waals surface area (Å²) in [5.74, 6) is -0.239. The predicted octanol–water partition coefficient (Wildman–Crippen LogP) is 1.97. The number of carbonyl (C=O) groups excluding carboxylic acids is 2. The number of benzene rings is 1. The molecule has 0 saturated heterocycles. The highest BCUT2D eigenvalue weighted by atomic mass is 16.5. The molecule has 0 spiro atoms.